The molecule has 0 saturated heterocycles. The molecule has 1 rings (SSSR count). The highest BCUT2D eigenvalue weighted by Crippen LogP contribution is 2.09. The number of nitrogens with zero attached hydrogens (tertiary/aromatic N) is 2. The Kier molecular flexibility index (Phi) is 6.25. The minimum absolute atomic E-state index is 0.0897. The predicted molar refractivity (Wildman–Crippen MR) is 69.9 cm³/mol. The largest absolute Gasteiger partial charge is 0.461 e. The lowest BCUT2D eigenvalue weighted by molar-refractivity contribution is 0.0461. The van der Waals surface area contributed by atoms with E-state index in [1.54, 1.807) is 20.8 Å². The minimum atomic E-state index is -0.862. The van der Waals surface area contributed by atoms with Gasteiger partial charge in [0, 0.05) is 0 Å². The fourth-order valence-corrected chi connectivity index (χ4v) is 1.38. The van der Waals surface area contributed by atoms with Crippen LogP contribution in [-0.2, 0) is 14.2 Å². The van der Waals surface area contributed by atoms with Gasteiger partial charge in [0.15, 0.2) is 17.1 Å². The van der Waals surface area contributed by atoms with Crippen molar-refractivity contribution in [3.05, 3.63) is 23.3 Å². The lowest BCUT2D eigenvalue weighted by Gasteiger charge is -2.08. The zero-order valence-corrected chi connectivity index (χ0v) is 12.0. The van der Waals surface area contributed by atoms with Gasteiger partial charge in [0.2, 0.25) is 0 Å². The van der Waals surface area contributed by atoms with E-state index in [4.69, 9.17) is 14.2 Å². The highest BCUT2D eigenvalue weighted by atomic mass is 16.5. The molecule has 1 aromatic rings. The molecule has 0 atom stereocenters. The first-order valence-corrected chi connectivity index (χ1v) is 6.43. The third-order valence-electron chi connectivity index (χ3n) is 2.19. The number of carbonyl (C=O) groups is 3. The van der Waals surface area contributed by atoms with E-state index in [2.05, 4.69) is 9.97 Å². The Bertz CT molecular complexity index is 543. The second-order valence-electron chi connectivity index (χ2n) is 3.61. The summed E-state index contributed by atoms with van der Waals surface area (Å²) in [5, 5.41) is 0. The van der Waals surface area contributed by atoms with Crippen molar-refractivity contribution in [2.45, 2.75) is 20.8 Å². The maximum Gasteiger partial charge on any atom is 0.359 e. The Morgan fingerprint density at radius 3 is 1.86 bits per heavy atom. The summed E-state index contributed by atoms with van der Waals surface area (Å²) in [4.78, 5) is 42.7. The van der Waals surface area contributed by atoms with Gasteiger partial charge in [-0.05, 0) is 20.8 Å². The Morgan fingerprint density at radius 1 is 0.857 bits per heavy atom. The minimum Gasteiger partial charge on any atom is -0.461 e. The summed E-state index contributed by atoms with van der Waals surface area (Å²) >= 11 is 0. The first-order valence-electron chi connectivity index (χ1n) is 6.43. The van der Waals surface area contributed by atoms with Crippen LogP contribution in [0.25, 0.3) is 0 Å². The van der Waals surface area contributed by atoms with Crippen LogP contribution in [0.4, 0.5) is 0 Å². The van der Waals surface area contributed by atoms with Gasteiger partial charge < -0.3 is 14.2 Å². The Balaban J connectivity index is 3.22. The molecular weight excluding hydrogens is 280 g/mol. The molecule has 8 nitrogen and oxygen atoms in total. The summed E-state index contributed by atoms with van der Waals surface area (Å²) in [6.07, 6.45) is 1.05. The molecule has 8 heteroatoms. The van der Waals surface area contributed by atoms with E-state index in [-0.39, 0.29) is 36.9 Å². The first-order chi connectivity index (χ1) is 10.0. The summed E-state index contributed by atoms with van der Waals surface area (Å²) in [6.45, 7) is 5.20. The van der Waals surface area contributed by atoms with Crippen molar-refractivity contribution in [3.8, 4) is 0 Å². The first kappa shape index (κ1) is 16.5. The molecule has 0 radical (unpaired) electrons. The number of aromatic nitrogens is 2. The van der Waals surface area contributed by atoms with Gasteiger partial charge in [0.1, 0.15) is 0 Å². The van der Waals surface area contributed by atoms with E-state index in [1.165, 1.54) is 0 Å². The third kappa shape index (κ3) is 4.23. The predicted octanol–water partition coefficient (Wildman–Crippen LogP) is 1.01. The average Bonchev–Trinajstić information content (AvgIpc) is 2.47. The number of carbonyl (C=O) groups excluding carboxylic acids is 3. The van der Waals surface area contributed by atoms with Crippen molar-refractivity contribution in [1.82, 2.24) is 9.97 Å². The number of hydrogen-bond acceptors (Lipinski definition) is 8. The molecule has 0 saturated carbocycles. The standard InChI is InChI=1S/C13H16N2O6/c1-4-19-11(16)8-7-14-9(12(17)20-5-2)10(15-8)13(18)21-6-3/h7H,4-6H2,1-3H3. The molecule has 1 aromatic heterocycles. The second-order valence-corrected chi connectivity index (χ2v) is 3.61. The van der Waals surface area contributed by atoms with Crippen LogP contribution in [0.1, 0.15) is 52.2 Å². The molecule has 1 heterocycles. The van der Waals surface area contributed by atoms with Crippen molar-refractivity contribution in [2.24, 2.45) is 0 Å². The topological polar surface area (TPSA) is 105 Å². The third-order valence-corrected chi connectivity index (χ3v) is 2.19. The van der Waals surface area contributed by atoms with E-state index in [0.717, 1.165) is 6.20 Å². The molecule has 0 N–H and O–H groups in total. The zero-order valence-electron chi connectivity index (χ0n) is 12.0. The van der Waals surface area contributed by atoms with Crippen LogP contribution in [0.15, 0.2) is 6.20 Å². The van der Waals surface area contributed by atoms with Gasteiger partial charge in [-0.1, -0.05) is 0 Å². The van der Waals surface area contributed by atoms with Crippen LogP contribution >= 0.6 is 0 Å². The fraction of sp³-hybridized carbons (Fsp3) is 0.462. The van der Waals surface area contributed by atoms with Gasteiger partial charge in [-0.25, -0.2) is 24.4 Å². The molecule has 0 aromatic carbocycles. The van der Waals surface area contributed by atoms with Crippen LogP contribution in [0.3, 0.4) is 0 Å². The number of rotatable bonds is 6. The van der Waals surface area contributed by atoms with Gasteiger partial charge in [-0.3, -0.25) is 0 Å². The molecule has 0 aliphatic rings. The smallest absolute Gasteiger partial charge is 0.359 e. The molecule has 21 heavy (non-hydrogen) atoms. The van der Waals surface area contributed by atoms with E-state index < -0.39 is 17.9 Å². The SMILES string of the molecule is CCOC(=O)c1cnc(C(=O)OCC)c(C(=O)OCC)n1. The lowest BCUT2D eigenvalue weighted by atomic mass is 10.3. The number of hydrogen-bond donors (Lipinski definition) is 0. The van der Waals surface area contributed by atoms with Crippen molar-refractivity contribution in [3.63, 3.8) is 0 Å². The molecule has 0 spiro atoms. The summed E-state index contributed by atoms with van der Waals surface area (Å²) < 4.78 is 14.3. The molecule has 0 amide bonds. The zero-order chi connectivity index (χ0) is 15.8. The van der Waals surface area contributed by atoms with Gasteiger partial charge >= 0.3 is 17.9 Å². The van der Waals surface area contributed by atoms with Crippen LogP contribution < -0.4 is 0 Å². The quantitative estimate of drug-likeness (QED) is 0.565. The van der Waals surface area contributed by atoms with Crippen molar-refractivity contribution < 1.29 is 28.6 Å². The van der Waals surface area contributed by atoms with Gasteiger partial charge in [-0.15, -0.1) is 0 Å². The van der Waals surface area contributed by atoms with Crippen molar-refractivity contribution >= 4 is 17.9 Å². The van der Waals surface area contributed by atoms with Gasteiger partial charge in [-0.2, -0.15) is 0 Å². The van der Waals surface area contributed by atoms with Crippen molar-refractivity contribution in [2.75, 3.05) is 19.8 Å². The monoisotopic (exact) mass is 296 g/mol. The Morgan fingerprint density at radius 2 is 1.33 bits per heavy atom. The molecule has 0 unspecified atom stereocenters. The highest BCUT2D eigenvalue weighted by Gasteiger charge is 2.25. The fourth-order valence-electron chi connectivity index (χ4n) is 1.38. The molecular formula is C13H16N2O6. The summed E-state index contributed by atoms with van der Waals surface area (Å²) in [7, 11) is 0. The van der Waals surface area contributed by atoms with E-state index in [0.29, 0.717) is 0 Å². The van der Waals surface area contributed by atoms with Crippen LogP contribution in [0.2, 0.25) is 0 Å². The molecule has 0 aliphatic carbocycles. The van der Waals surface area contributed by atoms with Crippen LogP contribution in [0.5, 0.6) is 0 Å². The normalized spacial score (nSPS) is 9.86. The van der Waals surface area contributed by atoms with E-state index in [9.17, 15) is 14.4 Å². The van der Waals surface area contributed by atoms with Crippen LogP contribution in [0, 0.1) is 0 Å². The number of ether oxygens (including phenoxy) is 3. The Labute approximate surface area is 121 Å². The molecule has 0 bridgehead atoms. The lowest BCUT2D eigenvalue weighted by Crippen LogP contribution is -2.20. The molecule has 0 fully saturated rings. The maximum absolute atomic E-state index is 11.8. The maximum atomic E-state index is 11.8. The highest BCUT2D eigenvalue weighted by molar-refractivity contribution is 6.01. The average molecular weight is 296 g/mol. The second kappa shape index (κ2) is 7.93. The van der Waals surface area contributed by atoms with Crippen molar-refractivity contribution in [1.29, 1.82) is 0 Å². The molecule has 0 aliphatic heterocycles. The van der Waals surface area contributed by atoms with E-state index >= 15 is 0 Å². The van der Waals surface area contributed by atoms with E-state index in [1.807, 2.05) is 0 Å². The van der Waals surface area contributed by atoms with Gasteiger partial charge in [0.05, 0.1) is 26.0 Å². The van der Waals surface area contributed by atoms with Crippen LogP contribution in [-0.4, -0.2) is 47.7 Å². The summed E-state index contributed by atoms with van der Waals surface area (Å²) in [5.74, 6) is -2.42. The number of esters is 3. The van der Waals surface area contributed by atoms with Gasteiger partial charge in [0.25, 0.3) is 0 Å². The summed E-state index contributed by atoms with van der Waals surface area (Å²) in [6, 6.07) is 0. The summed E-state index contributed by atoms with van der Waals surface area (Å²) in [5.41, 5.74) is -0.864. The Hall–Kier alpha value is -2.51. The molecule has 114 valence electrons.